The van der Waals surface area contributed by atoms with Crippen molar-refractivity contribution in [1.29, 1.82) is 0 Å². The molecule has 0 bridgehead atoms. The van der Waals surface area contributed by atoms with E-state index in [1.807, 2.05) is 24.3 Å². The van der Waals surface area contributed by atoms with Crippen LogP contribution in [0.4, 0.5) is 0 Å². The Balaban J connectivity index is 2.12. The Hall–Kier alpha value is -2.17. The molecule has 4 N–H and O–H groups in total. The number of aromatic amines is 1. The summed E-state index contributed by atoms with van der Waals surface area (Å²) in [5.74, 6) is 0.505. The van der Waals surface area contributed by atoms with Crippen molar-refractivity contribution in [3.63, 3.8) is 0 Å². The second kappa shape index (κ2) is 4.84. The Kier molecular flexibility index (Phi) is 3.03. The van der Waals surface area contributed by atoms with Gasteiger partial charge in [-0.2, -0.15) is 0 Å². The van der Waals surface area contributed by atoms with Crippen LogP contribution >= 0.6 is 0 Å². The quantitative estimate of drug-likeness (QED) is 0.670. The van der Waals surface area contributed by atoms with Crippen molar-refractivity contribution in [2.75, 3.05) is 6.54 Å². The van der Waals surface area contributed by atoms with Gasteiger partial charge < -0.3 is 15.8 Å². The third kappa shape index (κ3) is 2.12. The largest absolute Gasteiger partial charge is 0.384 e. The predicted molar refractivity (Wildman–Crippen MR) is 75.5 cm³/mol. The van der Waals surface area contributed by atoms with E-state index in [2.05, 4.69) is 28.2 Å². The highest BCUT2D eigenvalue weighted by molar-refractivity contribution is 5.95. The van der Waals surface area contributed by atoms with Gasteiger partial charge >= 0.3 is 0 Å². The molecule has 0 saturated carbocycles. The highest BCUT2D eigenvalue weighted by Gasteiger charge is 2.11. The zero-order valence-corrected chi connectivity index (χ0v) is 10.4. The lowest BCUT2D eigenvalue weighted by molar-refractivity contribution is 0.177. The first kappa shape index (κ1) is 11.9. The molecule has 0 radical (unpaired) electrons. The molecule has 0 aliphatic rings. The molecule has 0 saturated heterocycles. The fourth-order valence-corrected chi connectivity index (χ4v) is 2.21. The first-order chi connectivity index (χ1) is 9.29. The summed E-state index contributed by atoms with van der Waals surface area (Å²) in [5, 5.41) is 12.0. The van der Waals surface area contributed by atoms with Crippen molar-refractivity contribution in [2.45, 2.75) is 6.10 Å². The van der Waals surface area contributed by atoms with E-state index >= 15 is 0 Å². The van der Waals surface area contributed by atoms with E-state index in [0.29, 0.717) is 5.82 Å². The normalized spacial score (nSPS) is 12.7. The third-order valence-corrected chi connectivity index (χ3v) is 3.21. The van der Waals surface area contributed by atoms with E-state index in [9.17, 15) is 5.11 Å². The van der Waals surface area contributed by atoms with Gasteiger partial charge in [0.1, 0.15) is 11.9 Å². The highest BCUT2D eigenvalue weighted by atomic mass is 16.3. The van der Waals surface area contributed by atoms with E-state index in [4.69, 9.17) is 5.73 Å². The Labute approximate surface area is 110 Å². The average Bonchev–Trinajstić information content (AvgIpc) is 2.95. The minimum atomic E-state index is -0.747. The second-order valence-electron chi connectivity index (χ2n) is 4.46. The summed E-state index contributed by atoms with van der Waals surface area (Å²) < 4.78 is 0. The third-order valence-electron chi connectivity index (χ3n) is 3.21. The van der Waals surface area contributed by atoms with Crippen molar-refractivity contribution >= 4 is 10.8 Å². The average molecular weight is 253 g/mol. The number of nitrogens with zero attached hydrogens (tertiary/aromatic N) is 1. The molecule has 0 aliphatic carbocycles. The summed E-state index contributed by atoms with van der Waals surface area (Å²) in [4.78, 5) is 7.32. The zero-order valence-electron chi connectivity index (χ0n) is 10.4. The predicted octanol–water partition coefficient (Wildman–Crippen LogP) is 2.22. The van der Waals surface area contributed by atoms with Crippen LogP contribution in [0.1, 0.15) is 11.9 Å². The van der Waals surface area contributed by atoms with Crippen molar-refractivity contribution in [2.24, 2.45) is 5.73 Å². The first-order valence-corrected chi connectivity index (χ1v) is 6.21. The van der Waals surface area contributed by atoms with Crippen LogP contribution in [0.5, 0.6) is 0 Å². The summed E-state index contributed by atoms with van der Waals surface area (Å²) in [6, 6.07) is 14.3. The molecule has 1 heterocycles. The lowest BCUT2D eigenvalue weighted by Gasteiger charge is -2.05. The molecule has 19 heavy (non-hydrogen) atoms. The van der Waals surface area contributed by atoms with Crippen LogP contribution in [0.25, 0.3) is 22.0 Å². The van der Waals surface area contributed by atoms with Crippen LogP contribution in [0, 0.1) is 0 Å². The number of aliphatic hydroxyl groups is 1. The van der Waals surface area contributed by atoms with Crippen LogP contribution in [0.2, 0.25) is 0 Å². The Bertz CT molecular complexity index is 700. The number of aromatic nitrogens is 2. The number of hydrogen-bond acceptors (Lipinski definition) is 3. The fraction of sp³-hybridized carbons (Fsp3) is 0.133. The van der Waals surface area contributed by atoms with E-state index < -0.39 is 6.10 Å². The van der Waals surface area contributed by atoms with E-state index in [1.54, 1.807) is 6.20 Å². The van der Waals surface area contributed by atoms with E-state index in [0.717, 1.165) is 16.6 Å². The van der Waals surface area contributed by atoms with Crippen LogP contribution in [0.15, 0.2) is 48.7 Å². The maximum absolute atomic E-state index is 9.68. The second-order valence-corrected chi connectivity index (χ2v) is 4.46. The molecule has 3 rings (SSSR count). The molecule has 4 nitrogen and oxygen atoms in total. The molecule has 0 aliphatic heterocycles. The zero-order chi connectivity index (χ0) is 13.2. The molecule has 1 unspecified atom stereocenters. The minimum Gasteiger partial charge on any atom is -0.384 e. The molecule has 1 aromatic heterocycles. The molecule has 96 valence electrons. The SMILES string of the molecule is NCC(O)c1ncc(-c2cccc3ccccc23)[nH]1. The Morgan fingerprint density at radius 2 is 1.95 bits per heavy atom. The highest BCUT2D eigenvalue weighted by Crippen LogP contribution is 2.27. The van der Waals surface area contributed by atoms with Crippen molar-refractivity contribution in [1.82, 2.24) is 9.97 Å². The maximum atomic E-state index is 9.68. The van der Waals surface area contributed by atoms with Gasteiger partial charge in [0.15, 0.2) is 0 Å². The van der Waals surface area contributed by atoms with Gasteiger partial charge in [-0.05, 0) is 10.8 Å². The summed E-state index contributed by atoms with van der Waals surface area (Å²) in [6.07, 6.45) is 0.986. The van der Waals surface area contributed by atoms with Gasteiger partial charge in [0, 0.05) is 12.1 Å². The molecule has 3 aromatic rings. The molecule has 0 amide bonds. The van der Waals surface area contributed by atoms with E-state index in [-0.39, 0.29) is 6.54 Å². The van der Waals surface area contributed by atoms with Crippen LogP contribution < -0.4 is 5.73 Å². The number of imidazole rings is 1. The molecule has 0 spiro atoms. The molecule has 1 atom stereocenters. The first-order valence-electron chi connectivity index (χ1n) is 6.21. The number of aliphatic hydroxyl groups excluding tert-OH is 1. The van der Waals surface area contributed by atoms with Crippen molar-refractivity contribution < 1.29 is 5.11 Å². The van der Waals surface area contributed by atoms with Crippen LogP contribution in [0.3, 0.4) is 0 Å². The van der Waals surface area contributed by atoms with Gasteiger partial charge in [0.05, 0.1) is 11.9 Å². The topological polar surface area (TPSA) is 74.9 Å². The fourth-order valence-electron chi connectivity index (χ4n) is 2.21. The lowest BCUT2D eigenvalue weighted by atomic mass is 10.0. The maximum Gasteiger partial charge on any atom is 0.136 e. The van der Waals surface area contributed by atoms with Crippen LogP contribution in [-0.2, 0) is 0 Å². The minimum absolute atomic E-state index is 0.155. The molecular weight excluding hydrogens is 238 g/mol. The van der Waals surface area contributed by atoms with Crippen molar-refractivity contribution in [3.05, 3.63) is 54.5 Å². The van der Waals surface area contributed by atoms with Gasteiger partial charge in [-0.25, -0.2) is 4.98 Å². The Morgan fingerprint density at radius 1 is 1.16 bits per heavy atom. The molecule has 0 fully saturated rings. The standard InChI is InChI=1S/C15H15N3O/c16-8-14(19)15-17-9-13(18-15)12-7-3-5-10-4-1-2-6-11(10)12/h1-7,9,14,19H,8,16H2,(H,17,18). The number of nitrogens with one attached hydrogen (secondary N) is 1. The van der Waals surface area contributed by atoms with Crippen molar-refractivity contribution in [3.8, 4) is 11.3 Å². The lowest BCUT2D eigenvalue weighted by Crippen LogP contribution is -2.12. The van der Waals surface area contributed by atoms with Gasteiger partial charge in [-0.1, -0.05) is 42.5 Å². The summed E-state index contributed by atoms with van der Waals surface area (Å²) in [5.41, 5.74) is 7.39. The summed E-state index contributed by atoms with van der Waals surface area (Å²) in [7, 11) is 0. The number of benzene rings is 2. The van der Waals surface area contributed by atoms with E-state index in [1.165, 1.54) is 5.39 Å². The number of H-pyrrole nitrogens is 1. The smallest absolute Gasteiger partial charge is 0.136 e. The molecule has 4 heteroatoms. The monoisotopic (exact) mass is 253 g/mol. The summed E-state index contributed by atoms with van der Waals surface area (Å²) >= 11 is 0. The number of rotatable bonds is 3. The molecule has 2 aromatic carbocycles. The van der Waals surface area contributed by atoms with Gasteiger partial charge in [0.25, 0.3) is 0 Å². The Morgan fingerprint density at radius 3 is 2.79 bits per heavy atom. The van der Waals surface area contributed by atoms with Gasteiger partial charge in [-0.3, -0.25) is 0 Å². The number of nitrogens with two attached hydrogens (primary N) is 1. The van der Waals surface area contributed by atoms with Gasteiger partial charge in [-0.15, -0.1) is 0 Å². The summed E-state index contributed by atoms with van der Waals surface area (Å²) in [6.45, 7) is 0.155. The van der Waals surface area contributed by atoms with Crippen LogP contribution in [-0.4, -0.2) is 21.6 Å². The molecular formula is C15H15N3O. The number of fused-ring (bicyclic) bond motifs is 1. The number of hydrogen-bond donors (Lipinski definition) is 3. The van der Waals surface area contributed by atoms with Gasteiger partial charge in [0.2, 0.25) is 0 Å².